The molecule has 8 nitrogen and oxygen atoms in total. The minimum atomic E-state index is -1.21. The van der Waals surface area contributed by atoms with Crippen LogP contribution in [0.5, 0.6) is 0 Å². The summed E-state index contributed by atoms with van der Waals surface area (Å²) in [6.07, 6.45) is 17.5. The molecule has 2 heterocycles. The average molecular weight is 509 g/mol. The Morgan fingerprint density at radius 3 is 2.46 bits per heavy atom. The van der Waals surface area contributed by atoms with E-state index in [0.29, 0.717) is 11.8 Å². The Labute approximate surface area is 217 Å². The normalized spacial score (nSPS) is 37.4. The molecular formula is C29H36N2O6. The molecule has 0 spiro atoms. The molecule has 1 unspecified atom stereocenters. The van der Waals surface area contributed by atoms with Crippen molar-refractivity contribution in [2.45, 2.75) is 44.9 Å². The van der Waals surface area contributed by atoms with Crippen molar-refractivity contribution in [2.75, 3.05) is 6.54 Å². The Hall–Kier alpha value is -3.23. The van der Waals surface area contributed by atoms with Gasteiger partial charge in [0.25, 0.3) is 5.91 Å². The number of carbonyl (C=O) groups is 3. The summed E-state index contributed by atoms with van der Waals surface area (Å²) in [4.78, 5) is 37.2. The van der Waals surface area contributed by atoms with Crippen LogP contribution in [0.3, 0.4) is 0 Å². The fourth-order valence-electron chi connectivity index (χ4n) is 6.41. The second-order valence-corrected chi connectivity index (χ2v) is 10.5. The number of Topliss-reactive ketones (excluding diaryl/α,β-unsaturated/α-hetero) is 1. The van der Waals surface area contributed by atoms with E-state index in [2.05, 4.69) is 41.9 Å². The highest BCUT2D eigenvalue weighted by Crippen LogP contribution is 2.52. The molecule has 37 heavy (non-hydrogen) atoms. The number of hydrogen-bond donors (Lipinski definition) is 5. The molecule has 2 amide bonds. The van der Waals surface area contributed by atoms with Crippen LogP contribution >= 0.6 is 0 Å². The number of aliphatic hydroxyl groups excluding tert-OH is 3. The Morgan fingerprint density at radius 1 is 0.973 bits per heavy atom. The standard InChI is InChI=1S/C29H36N2O6/c1-16-15-21-19-8-4-5-9-22(33)26-28(36)27(31-29(26)37)23(34)13-14-30-24(35)10-6-3-7-18(19)11-12-20(21)25(16)17(2)32/h3-12,16-21,23,25,27,32-34H,13-15H2,1-2H3,(H,30,35)(H,31,37)/t16-,17?,18+,19+,20-,21-,23+,25+,27+/m1/s1. The fraction of sp³-hybridized carbons (Fsp3) is 0.483. The summed E-state index contributed by atoms with van der Waals surface area (Å²) >= 11 is 0. The predicted molar refractivity (Wildman–Crippen MR) is 139 cm³/mol. The van der Waals surface area contributed by atoms with Crippen molar-refractivity contribution in [1.29, 1.82) is 0 Å². The van der Waals surface area contributed by atoms with Crippen LogP contribution in [-0.2, 0) is 14.4 Å². The van der Waals surface area contributed by atoms with E-state index in [9.17, 15) is 29.7 Å². The lowest BCUT2D eigenvalue weighted by molar-refractivity contribution is -0.118. The van der Waals surface area contributed by atoms with E-state index < -0.39 is 35.7 Å². The minimum Gasteiger partial charge on any atom is -0.507 e. The Morgan fingerprint density at radius 2 is 1.70 bits per heavy atom. The molecule has 0 radical (unpaired) electrons. The predicted octanol–water partition coefficient (Wildman–Crippen LogP) is 2.04. The van der Waals surface area contributed by atoms with Gasteiger partial charge in [-0.2, -0.15) is 0 Å². The van der Waals surface area contributed by atoms with Crippen molar-refractivity contribution in [3.05, 3.63) is 72.1 Å². The second kappa shape index (κ2) is 11.4. The highest BCUT2D eigenvalue weighted by atomic mass is 16.3. The van der Waals surface area contributed by atoms with Gasteiger partial charge in [-0.3, -0.25) is 14.4 Å². The van der Waals surface area contributed by atoms with Gasteiger partial charge in [0, 0.05) is 18.5 Å². The molecule has 9 atom stereocenters. The van der Waals surface area contributed by atoms with E-state index in [1.165, 1.54) is 12.2 Å². The summed E-state index contributed by atoms with van der Waals surface area (Å²) in [7, 11) is 0. The number of hydrogen-bond acceptors (Lipinski definition) is 6. The summed E-state index contributed by atoms with van der Waals surface area (Å²) in [5.41, 5.74) is -0.385. The van der Waals surface area contributed by atoms with Gasteiger partial charge in [0.15, 0.2) is 5.78 Å². The molecule has 1 saturated heterocycles. The third-order valence-corrected chi connectivity index (χ3v) is 8.10. The largest absolute Gasteiger partial charge is 0.507 e. The van der Waals surface area contributed by atoms with E-state index in [1.54, 1.807) is 18.2 Å². The topological polar surface area (TPSA) is 136 Å². The molecule has 8 heteroatoms. The van der Waals surface area contributed by atoms with Gasteiger partial charge in [-0.15, -0.1) is 0 Å². The van der Waals surface area contributed by atoms with Crippen molar-refractivity contribution >= 4 is 17.6 Å². The van der Waals surface area contributed by atoms with Crippen molar-refractivity contribution in [1.82, 2.24) is 10.6 Å². The lowest BCUT2D eigenvalue weighted by atomic mass is 9.69. The molecule has 2 aliphatic carbocycles. The quantitative estimate of drug-likeness (QED) is 0.272. The van der Waals surface area contributed by atoms with Crippen LogP contribution in [0.15, 0.2) is 72.1 Å². The van der Waals surface area contributed by atoms with Crippen LogP contribution in [0, 0.1) is 35.5 Å². The molecule has 2 bridgehead atoms. The number of nitrogens with one attached hydrogen (secondary N) is 2. The molecule has 2 aliphatic heterocycles. The van der Waals surface area contributed by atoms with Crippen LogP contribution in [-0.4, -0.2) is 57.7 Å². The summed E-state index contributed by atoms with van der Waals surface area (Å²) < 4.78 is 0. The first kappa shape index (κ1) is 26.8. The number of fused-ring (bicyclic) bond motifs is 5. The van der Waals surface area contributed by atoms with Crippen LogP contribution in [0.4, 0.5) is 0 Å². The van der Waals surface area contributed by atoms with E-state index in [1.807, 2.05) is 13.0 Å². The molecule has 5 N–H and O–H groups in total. The molecule has 4 aliphatic rings. The summed E-state index contributed by atoms with van der Waals surface area (Å²) in [5.74, 6) is -0.898. The molecule has 0 aromatic rings. The maximum atomic E-state index is 12.7. The number of amides is 2. The zero-order chi connectivity index (χ0) is 26.7. The molecule has 198 valence electrons. The van der Waals surface area contributed by atoms with Gasteiger partial charge in [-0.1, -0.05) is 55.5 Å². The molecular weight excluding hydrogens is 472 g/mol. The third-order valence-electron chi connectivity index (χ3n) is 8.10. The van der Waals surface area contributed by atoms with E-state index in [0.717, 1.165) is 6.42 Å². The minimum absolute atomic E-state index is 0.0572. The van der Waals surface area contributed by atoms with Gasteiger partial charge in [-0.05, 0) is 55.4 Å². The summed E-state index contributed by atoms with van der Waals surface area (Å²) in [6, 6.07) is -1.18. The fourth-order valence-corrected chi connectivity index (χ4v) is 6.41. The number of allylic oxidation sites excluding steroid dienone is 9. The van der Waals surface area contributed by atoms with Gasteiger partial charge in [0.1, 0.15) is 17.4 Å². The number of rotatable bonds is 1. The van der Waals surface area contributed by atoms with E-state index >= 15 is 0 Å². The van der Waals surface area contributed by atoms with Crippen molar-refractivity contribution in [2.24, 2.45) is 35.5 Å². The van der Waals surface area contributed by atoms with Gasteiger partial charge < -0.3 is 26.0 Å². The highest BCUT2D eigenvalue weighted by Gasteiger charge is 2.47. The lowest BCUT2D eigenvalue weighted by Crippen LogP contribution is -2.42. The van der Waals surface area contributed by atoms with Gasteiger partial charge in [-0.25, -0.2) is 0 Å². The van der Waals surface area contributed by atoms with Crippen molar-refractivity contribution in [3.63, 3.8) is 0 Å². The first-order valence-electron chi connectivity index (χ1n) is 13.0. The van der Waals surface area contributed by atoms with Gasteiger partial charge in [0.2, 0.25) is 5.91 Å². The summed E-state index contributed by atoms with van der Waals surface area (Å²) in [5, 5.41) is 36.4. The molecule has 1 saturated carbocycles. The maximum absolute atomic E-state index is 12.7. The smallest absolute Gasteiger partial charge is 0.259 e. The molecule has 4 rings (SSSR count). The SMILES string of the molecule is CC(O)[C@H]1[C@@H]2C=C[C@@H]3C=CC=CC(=O)NCC[C@H](O)[C@@H]4NC(=O)C(=C(O)C=CC=C[C@@H]3[C@H]2C[C@H]1C)C4=O. The van der Waals surface area contributed by atoms with Crippen molar-refractivity contribution < 1.29 is 29.7 Å². The Balaban J connectivity index is 1.66. The third kappa shape index (κ3) is 5.70. The highest BCUT2D eigenvalue weighted by molar-refractivity contribution is 6.27. The van der Waals surface area contributed by atoms with Crippen LogP contribution in [0.2, 0.25) is 0 Å². The second-order valence-electron chi connectivity index (χ2n) is 10.5. The van der Waals surface area contributed by atoms with E-state index in [-0.39, 0.29) is 48.1 Å². The monoisotopic (exact) mass is 508 g/mol. The van der Waals surface area contributed by atoms with Crippen molar-refractivity contribution in [3.8, 4) is 0 Å². The first-order valence-corrected chi connectivity index (χ1v) is 13.0. The molecule has 0 aromatic heterocycles. The maximum Gasteiger partial charge on any atom is 0.259 e. The van der Waals surface area contributed by atoms with E-state index in [4.69, 9.17) is 0 Å². The Bertz CT molecular complexity index is 1100. The number of ketones is 1. The van der Waals surface area contributed by atoms with Crippen LogP contribution < -0.4 is 10.6 Å². The molecule has 2 fully saturated rings. The summed E-state index contributed by atoms with van der Waals surface area (Å²) in [6.45, 7) is 4.15. The average Bonchev–Trinajstić information content (AvgIpc) is 3.34. The lowest BCUT2D eigenvalue weighted by Gasteiger charge is -2.36. The zero-order valence-corrected chi connectivity index (χ0v) is 21.2. The number of carbonyl (C=O) groups excluding carboxylic acids is 3. The van der Waals surface area contributed by atoms with Crippen LogP contribution in [0.1, 0.15) is 26.7 Å². The zero-order valence-electron chi connectivity index (χ0n) is 21.2. The first-order chi connectivity index (χ1) is 17.7. The van der Waals surface area contributed by atoms with Crippen LogP contribution in [0.25, 0.3) is 0 Å². The van der Waals surface area contributed by atoms with Gasteiger partial charge in [0.05, 0.1) is 12.2 Å². The molecule has 0 aromatic carbocycles. The number of aliphatic hydroxyl groups is 3. The Kier molecular flexibility index (Phi) is 8.29. The van der Waals surface area contributed by atoms with Gasteiger partial charge >= 0.3 is 0 Å².